The normalized spacial score (nSPS) is 10.3. The summed E-state index contributed by atoms with van der Waals surface area (Å²) in [6, 6.07) is 12.9. The number of rotatable bonds is 8. The van der Waals surface area contributed by atoms with Crippen molar-refractivity contribution in [2.75, 3.05) is 18.0 Å². The van der Waals surface area contributed by atoms with Gasteiger partial charge in [-0.3, -0.25) is 14.4 Å². The van der Waals surface area contributed by atoms with Crippen molar-refractivity contribution in [3.05, 3.63) is 65.5 Å². The summed E-state index contributed by atoms with van der Waals surface area (Å²) in [5.74, 6) is -0.673. The first kappa shape index (κ1) is 20.3. The van der Waals surface area contributed by atoms with Gasteiger partial charge in [-0.2, -0.15) is 0 Å². The van der Waals surface area contributed by atoms with Crippen LogP contribution in [0.2, 0.25) is 0 Å². The first-order valence-electron chi connectivity index (χ1n) is 8.77. The van der Waals surface area contributed by atoms with E-state index < -0.39 is 0 Å². The Kier molecular flexibility index (Phi) is 7.23. The lowest BCUT2D eigenvalue weighted by Gasteiger charge is -2.21. The quantitative estimate of drug-likeness (QED) is 0.726. The highest BCUT2D eigenvalue weighted by molar-refractivity contribution is 5.96. The second-order valence-electron chi connectivity index (χ2n) is 6.25. The number of carbonyl (C=O) groups excluding carboxylic acids is 3. The van der Waals surface area contributed by atoms with Gasteiger partial charge in [0.15, 0.2) is 5.78 Å². The molecular weight excluding hydrogens is 347 g/mol. The Morgan fingerprint density at radius 1 is 0.963 bits per heavy atom. The molecule has 142 valence electrons. The largest absolute Gasteiger partial charge is 0.356 e. The zero-order chi connectivity index (χ0) is 19.8. The third-order valence-electron chi connectivity index (χ3n) is 4.18. The van der Waals surface area contributed by atoms with Crippen molar-refractivity contribution < 1.29 is 18.8 Å². The van der Waals surface area contributed by atoms with E-state index in [9.17, 15) is 18.8 Å². The van der Waals surface area contributed by atoms with Crippen molar-refractivity contribution in [3.8, 4) is 0 Å². The molecule has 0 aliphatic rings. The van der Waals surface area contributed by atoms with Crippen molar-refractivity contribution in [1.29, 1.82) is 0 Å². The molecule has 6 heteroatoms. The minimum Gasteiger partial charge on any atom is -0.356 e. The van der Waals surface area contributed by atoms with Gasteiger partial charge in [0.25, 0.3) is 0 Å². The maximum atomic E-state index is 12.9. The summed E-state index contributed by atoms with van der Waals surface area (Å²) in [5.41, 5.74) is 2.15. The lowest BCUT2D eigenvalue weighted by atomic mass is 10.1. The molecule has 0 aliphatic carbocycles. The Hall–Kier alpha value is -3.02. The number of Topliss-reactive ketones (excluding diaryl/α,β-unsaturated/α-hetero) is 1. The van der Waals surface area contributed by atoms with Crippen LogP contribution in [0.4, 0.5) is 10.1 Å². The molecule has 0 unspecified atom stereocenters. The van der Waals surface area contributed by atoms with E-state index >= 15 is 0 Å². The number of anilines is 1. The monoisotopic (exact) mass is 370 g/mol. The van der Waals surface area contributed by atoms with Gasteiger partial charge in [0, 0.05) is 37.7 Å². The molecule has 0 spiro atoms. The molecule has 0 aromatic heterocycles. The topological polar surface area (TPSA) is 66.5 Å². The SMILES string of the molecule is CC(=O)c1ccc(N(CCC(=O)NCCc2ccc(F)cc2)C(C)=O)cc1. The molecule has 0 bridgehead atoms. The Labute approximate surface area is 158 Å². The maximum Gasteiger partial charge on any atom is 0.223 e. The minimum atomic E-state index is -0.288. The van der Waals surface area contributed by atoms with Crippen molar-refractivity contribution in [1.82, 2.24) is 5.32 Å². The molecule has 2 aromatic carbocycles. The minimum absolute atomic E-state index is 0.0449. The molecule has 0 aliphatic heterocycles. The predicted octanol–water partition coefficient (Wildman–Crippen LogP) is 3.13. The van der Waals surface area contributed by atoms with E-state index in [-0.39, 0.29) is 36.4 Å². The van der Waals surface area contributed by atoms with Crippen LogP contribution >= 0.6 is 0 Å². The smallest absolute Gasteiger partial charge is 0.223 e. The molecule has 0 saturated carbocycles. The van der Waals surface area contributed by atoms with Gasteiger partial charge >= 0.3 is 0 Å². The van der Waals surface area contributed by atoms with Gasteiger partial charge in [0.05, 0.1) is 0 Å². The molecule has 5 nitrogen and oxygen atoms in total. The van der Waals surface area contributed by atoms with Crippen molar-refractivity contribution in [2.24, 2.45) is 0 Å². The van der Waals surface area contributed by atoms with Gasteiger partial charge in [0.2, 0.25) is 11.8 Å². The van der Waals surface area contributed by atoms with Crippen LogP contribution in [0.1, 0.15) is 36.2 Å². The van der Waals surface area contributed by atoms with Crippen LogP contribution in [0.25, 0.3) is 0 Å². The number of nitrogens with zero attached hydrogens (tertiary/aromatic N) is 1. The predicted molar refractivity (Wildman–Crippen MR) is 102 cm³/mol. The Balaban J connectivity index is 1.84. The van der Waals surface area contributed by atoms with Crippen molar-refractivity contribution in [2.45, 2.75) is 26.7 Å². The number of halogens is 1. The second kappa shape index (κ2) is 9.62. The summed E-state index contributed by atoms with van der Waals surface area (Å²) < 4.78 is 12.9. The third kappa shape index (κ3) is 6.33. The van der Waals surface area contributed by atoms with Gasteiger partial charge in [-0.25, -0.2) is 4.39 Å². The summed E-state index contributed by atoms with van der Waals surface area (Å²) in [7, 11) is 0. The van der Waals surface area contributed by atoms with Crippen molar-refractivity contribution >= 4 is 23.3 Å². The number of carbonyl (C=O) groups is 3. The average molecular weight is 370 g/mol. The van der Waals surface area contributed by atoms with Crippen LogP contribution in [0.5, 0.6) is 0 Å². The van der Waals surface area contributed by atoms with E-state index in [2.05, 4.69) is 5.32 Å². The Bertz CT molecular complexity index is 801. The van der Waals surface area contributed by atoms with Gasteiger partial charge in [-0.05, 0) is 55.3 Å². The summed E-state index contributed by atoms with van der Waals surface area (Å²) in [6.07, 6.45) is 0.770. The van der Waals surface area contributed by atoms with Crippen LogP contribution in [-0.2, 0) is 16.0 Å². The summed E-state index contributed by atoms with van der Waals surface area (Å²) in [6.45, 7) is 3.61. The molecule has 0 saturated heterocycles. The number of ketones is 1. The molecule has 0 atom stereocenters. The number of hydrogen-bond donors (Lipinski definition) is 1. The summed E-state index contributed by atoms with van der Waals surface area (Å²) in [5, 5.41) is 2.80. The van der Waals surface area contributed by atoms with E-state index in [1.807, 2.05) is 0 Å². The molecule has 2 rings (SSSR count). The van der Waals surface area contributed by atoms with Gasteiger partial charge in [-0.15, -0.1) is 0 Å². The fraction of sp³-hybridized carbons (Fsp3) is 0.286. The Morgan fingerprint density at radius 3 is 2.15 bits per heavy atom. The number of amides is 2. The lowest BCUT2D eigenvalue weighted by Crippen LogP contribution is -2.34. The third-order valence-corrected chi connectivity index (χ3v) is 4.18. The van der Waals surface area contributed by atoms with E-state index in [1.165, 1.54) is 30.9 Å². The molecule has 0 heterocycles. The van der Waals surface area contributed by atoms with Crippen LogP contribution < -0.4 is 10.2 Å². The van der Waals surface area contributed by atoms with Crippen LogP contribution in [0, 0.1) is 5.82 Å². The Morgan fingerprint density at radius 2 is 1.59 bits per heavy atom. The number of nitrogens with one attached hydrogen (secondary N) is 1. The highest BCUT2D eigenvalue weighted by Gasteiger charge is 2.14. The lowest BCUT2D eigenvalue weighted by molar-refractivity contribution is -0.121. The number of hydrogen-bond acceptors (Lipinski definition) is 3. The fourth-order valence-corrected chi connectivity index (χ4v) is 2.64. The molecule has 2 amide bonds. The highest BCUT2D eigenvalue weighted by atomic mass is 19.1. The molecule has 0 radical (unpaired) electrons. The van der Waals surface area contributed by atoms with Gasteiger partial charge in [-0.1, -0.05) is 12.1 Å². The van der Waals surface area contributed by atoms with Gasteiger partial charge in [0.1, 0.15) is 5.82 Å². The summed E-state index contributed by atoms with van der Waals surface area (Å²) >= 11 is 0. The average Bonchev–Trinajstić information content (AvgIpc) is 2.63. The highest BCUT2D eigenvalue weighted by Crippen LogP contribution is 2.16. The fourth-order valence-electron chi connectivity index (χ4n) is 2.64. The first-order valence-corrected chi connectivity index (χ1v) is 8.77. The van der Waals surface area contributed by atoms with Crippen LogP contribution in [0.15, 0.2) is 48.5 Å². The molecule has 27 heavy (non-hydrogen) atoms. The maximum absolute atomic E-state index is 12.9. The molecule has 2 aromatic rings. The zero-order valence-corrected chi connectivity index (χ0v) is 15.5. The molecular formula is C21H23FN2O3. The molecule has 0 fully saturated rings. The standard InChI is InChI=1S/C21H23FN2O3/c1-15(25)18-5-9-20(10-6-18)24(16(2)26)14-12-21(27)23-13-11-17-3-7-19(22)8-4-17/h3-10H,11-14H2,1-2H3,(H,23,27). The zero-order valence-electron chi connectivity index (χ0n) is 15.5. The van der Waals surface area contributed by atoms with Crippen molar-refractivity contribution in [3.63, 3.8) is 0 Å². The molecule has 1 N–H and O–H groups in total. The van der Waals surface area contributed by atoms with E-state index in [1.54, 1.807) is 36.4 Å². The van der Waals surface area contributed by atoms with Crippen LogP contribution in [-0.4, -0.2) is 30.7 Å². The summed E-state index contributed by atoms with van der Waals surface area (Å²) in [4.78, 5) is 36.8. The first-order chi connectivity index (χ1) is 12.9. The second-order valence-corrected chi connectivity index (χ2v) is 6.25. The van der Waals surface area contributed by atoms with E-state index in [0.29, 0.717) is 24.2 Å². The van der Waals surface area contributed by atoms with Gasteiger partial charge < -0.3 is 10.2 Å². The number of benzene rings is 2. The van der Waals surface area contributed by atoms with E-state index in [0.717, 1.165) is 5.56 Å². The van der Waals surface area contributed by atoms with Crippen LogP contribution in [0.3, 0.4) is 0 Å². The van der Waals surface area contributed by atoms with E-state index in [4.69, 9.17) is 0 Å².